The number of methoxy groups -OCH3 is 1. The topological polar surface area (TPSA) is 56.8 Å². The molecular weight excluding hydrogens is 342 g/mol. The Balaban J connectivity index is 1.71. The van der Waals surface area contributed by atoms with E-state index in [-0.39, 0.29) is 17.9 Å². The smallest absolute Gasteiger partial charge is 0.224 e. The van der Waals surface area contributed by atoms with Crippen LogP contribution in [0.5, 0.6) is 17.2 Å². The van der Waals surface area contributed by atoms with Crippen LogP contribution in [0.1, 0.15) is 37.4 Å². The van der Waals surface area contributed by atoms with E-state index in [0.29, 0.717) is 19.6 Å². The molecule has 2 aromatic rings. The highest BCUT2D eigenvalue weighted by Gasteiger charge is 2.21. The molecular formula is C22H27NO4. The maximum Gasteiger partial charge on any atom is 0.224 e. The molecule has 1 amide bonds. The first kappa shape index (κ1) is 19.1. The number of fused-ring (bicyclic) bond motifs is 1. The Kier molecular flexibility index (Phi) is 6.22. The van der Waals surface area contributed by atoms with E-state index in [4.69, 9.17) is 14.2 Å². The van der Waals surface area contributed by atoms with Crippen molar-refractivity contribution in [3.05, 3.63) is 53.6 Å². The van der Waals surface area contributed by atoms with E-state index in [2.05, 4.69) is 19.2 Å². The zero-order valence-corrected chi connectivity index (χ0v) is 16.2. The highest BCUT2D eigenvalue weighted by molar-refractivity contribution is 5.79. The van der Waals surface area contributed by atoms with Crippen molar-refractivity contribution in [3.63, 3.8) is 0 Å². The molecule has 0 bridgehead atoms. The third-order valence-corrected chi connectivity index (χ3v) is 4.64. The Hall–Kier alpha value is -2.69. The number of carbonyl (C=O) groups is 1. The van der Waals surface area contributed by atoms with Crippen LogP contribution in [0, 0.1) is 5.92 Å². The van der Waals surface area contributed by atoms with Crippen LogP contribution in [-0.4, -0.2) is 26.2 Å². The maximum absolute atomic E-state index is 12.6. The van der Waals surface area contributed by atoms with E-state index in [0.717, 1.165) is 34.8 Å². The van der Waals surface area contributed by atoms with Crippen molar-refractivity contribution in [2.24, 2.45) is 5.92 Å². The Bertz CT molecular complexity index is 770. The average molecular weight is 369 g/mol. The number of hydrogen-bond donors (Lipinski definition) is 1. The summed E-state index contributed by atoms with van der Waals surface area (Å²) >= 11 is 0. The van der Waals surface area contributed by atoms with Crippen molar-refractivity contribution in [1.82, 2.24) is 5.32 Å². The van der Waals surface area contributed by atoms with Crippen LogP contribution in [0.4, 0.5) is 0 Å². The van der Waals surface area contributed by atoms with Gasteiger partial charge in [-0.25, -0.2) is 0 Å². The van der Waals surface area contributed by atoms with Crippen molar-refractivity contribution in [2.45, 2.75) is 32.7 Å². The lowest BCUT2D eigenvalue weighted by Crippen LogP contribution is -2.32. The molecule has 3 rings (SSSR count). The summed E-state index contributed by atoms with van der Waals surface area (Å²) in [7, 11) is 1.63. The summed E-state index contributed by atoms with van der Waals surface area (Å²) < 4.78 is 16.7. The van der Waals surface area contributed by atoms with E-state index >= 15 is 0 Å². The maximum atomic E-state index is 12.6. The fourth-order valence-corrected chi connectivity index (χ4v) is 3.16. The van der Waals surface area contributed by atoms with Gasteiger partial charge in [0.1, 0.15) is 5.75 Å². The van der Waals surface area contributed by atoms with Crippen molar-refractivity contribution in [2.75, 3.05) is 20.3 Å². The van der Waals surface area contributed by atoms with Gasteiger partial charge in [0.25, 0.3) is 0 Å². The predicted octanol–water partition coefficient (Wildman–Crippen LogP) is 3.91. The highest BCUT2D eigenvalue weighted by atomic mass is 16.5. The molecule has 1 aliphatic heterocycles. The molecule has 0 spiro atoms. The molecule has 1 N–H and O–H groups in total. The number of hydrogen-bond acceptors (Lipinski definition) is 4. The van der Waals surface area contributed by atoms with E-state index in [9.17, 15) is 4.79 Å². The number of rotatable bonds is 6. The largest absolute Gasteiger partial charge is 0.497 e. The van der Waals surface area contributed by atoms with Gasteiger partial charge in [-0.3, -0.25) is 4.79 Å². The summed E-state index contributed by atoms with van der Waals surface area (Å²) in [6.45, 7) is 5.51. The van der Waals surface area contributed by atoms with E-state index in [1.165, 1.54) is 0 Å². The minimum Gasteiger partial charge on any atom is -0.497 e. The van der Waals surface area contributed by atoms with Gasteiger partial charge in [0.15, 0.2) is 11.5 Å². The van der Waals surface area contributed by atoms with Gasteiger partial charge in [0.2, 0.25) is 5.91 Å². The fraction of sp³-hybridized carbons (Fsp3) is 0.409. The van der Waals surface area contributed by atoms with Crippen LogP contribution in [-0.2, 0) is 11.2 Å². The third-order valence-electron chi connectivity index (χ3n) is 4.64. The van der Waals surface area contributed by atoms with Gasteiger partial charge in [-0.15, -0.1) is 0 Å². The van der Waals surface area contributed by atoms with Crippen LogP contribution in [0.15, 0.2) is 42.5 Å². The molecule has 0 radical (unpaired) electrons. The molecule has 0 fully saturated rings. The van der Waals surface area contributed by atoms with Gasteiger partial charge in [-0.1, -0.05) is 32.0 Å². The first-order valence-electron chi connectivity index (χ1n) is 9.38. The minimum absolute atomic E-state index is 0.00835. The highest BCUT2D eigenvalue weighted by Crippen LogP contribution is 2.34. The summed E-state index contributed by atoms with van der Waals surface area (Å²) in [6.07, 6.45) is 1.20. The second-order valence-corrected chi connectivity index (χ2v) is 7.07. The predicted molar refractivity (Wildman–Crippen MR) is 104 cm³/mol. The van der Waals surface area contributed by atoms with Crippen LogP contribution in [0.25, 0.3) is 0 Å². The molecule has 5 heteroatoms. The first-order chi connectivity index (χ1) is 13.1. The van der Waals surface area contributed by atoms with Gasteiger partial charge in [0.05, 0.1) is 32.8 Å². The quantitative estimate of drug-likeness (QED) is 0.839. The minimum atomic E-state index is -0.0899. The summed E-state index contributed by atoms with van der Waals surface area (Å²) in [5, 5.41) is 3.17. The number of carbonyl (C=O) groups excluding carboxylic acids is 1. The lowest BCUT2D eigenvalue weighted by Gasteiger charge is -2.24. The second-order valence-electron chi connectivity index (χ2n) is 7.07. The van der Waals surface area contributed by atoms with Gasteiger partial charge in [0, 0.05) is 6.42 Å². The third kappa shape index (κ3) is 4.94. The van der Waals surface area contributed by atoms with Crippen molar-refractivity contribution < 1.29 is 19.0 Å². The Morgan fingerprint density at radius 2 is 1.78 bits per heavy atom. The number of ether oxygens (including phenoxy) is 3. The summed E-state index contributed by atoms with van der Waals surface area (Å²) in [6, 6.07) is 13.4. The van der Waals surface area contributed by atoms with Crippen molar-refractivity contribution in [1.29, 1.82) is 0 Å². The molecule has 1 aliphatic rings. The monoisotopic (exact) mass is 369 g/mol. The Morgan fingerprint density at radius 1 is 1.07 bits per heavy atom. The van der Waals surface area contributed by atoms with Crippen LogP contribution in [0.2, 0.25) is 0 Å². The summed E-state index contributed by atoms with van der Waals surface area (Å²) in [4.78, 5) is 12.6. The van der Waals surface area contributed by atoms with Crippen molar-refractivity contribution in [3.8, 4) is 17.2 Å². The lowest BCUT2D eigenvalue weighted by atomic mass is 9.95. The first-order valence-corrected chi connectivity index (χ1v) is 9.38. The fourth-order valence-electron chi connectivity index (χ4n) is 3.16. The van der Waals surface area contributed by atoms with Gasteiger partial charge in [-0.05, 0) is 41.3 Å². The SMILES string of the molecule is COc1ccc(CC(=O)N[C@@H](c2ccc3c(c2)OCCCO3)C(C)C)cc1. The molecule has 1 heterocycles. The van der Waals surface area contributed by atoms with Crippen LogP contribution < -0.4 is 19.5 Å². The lowest BCUT2D eigenvalue weighted by molar-refractivity contribution is -0.121. The molecule has 27 heavy (non-hydrogen) atoms. The zero-order chi connectivity index (χ0) is 19.2. The molecule has 2 aromatic carbocycles. The van der Waals surface area contributed by atoms with Gasteiger partial charge < -0.3 is 19.5 Å². The Labute approximate surface area is 160 Å². The summed E-state index contributed by atoms with van der Waals surface area (Å²) in [5.74, 6) is 2.54. The number of amides is 1. The molecule has 0 unspecified atom stereocenters. The molecule has 144 valence electrons. The molecule has 0 saturated carbocycles. The van der Waals surface area contributed by atoms with E-state index in [1.54, 1.807) is 7.11 Å². The molecule has 0 saturated heterocycles. The van der Waals surface area contributed by atoms with Gasteiger partial charge in [-0.2, -0.15) is 0 Å². The molecule has 1 atom stereocenters. The van der Waals surface area contributed by atoms with Crippen LogP contribution >= 0.6 is 0 Å². The molecule has 0 aromatic heterocycles. The zero-order valence-electron chi connectivity index (χ0n) is 16.2. The number of benzene rings is 2. The van der Waals surface area contributed by atoms with Crippen LogP contribution in [0.3, 0.4) is 0 Å². The second kappa shape index (κ2) is 8.80. The summed E-state index contributed by atoms with van der Waals surface area (Å²) in [5.41, 5.74) is 1.98. The Morgan fingerprint density at radius 3 is 2.44 bits per heavy atom. The number of nitrogens with one attached hydrogen (secondary N) is 1. The standard InChI is InChI=1S/C22H27NO4/c1-15(2)22(17-7-10-19-20(14-17)27-12-4-11-26-19)23-21(24)13-16-5-8-18(25-3)9-6-16/h5-10,14-15,22H,4,11-13H2,1-3H3,(H,23,24)/t22-/m1/s1. The van der Waals surface area contributed by atoms with E-state index < -0.39 is 0 Å². The molecule has 0 aliphatic carbocycles. The van der Waals surface area contributed by atoms with Gasteiger partial charge >= 0.3 is 0 Å². The average Bonchev–Trinajstić information content (AvgIpc) is 2.91. The normalized spacial score (nSPS) is 14.4. The molecule has 5 nitrogen and oxygen atoms in total. The van der Waals surface area contributed by atoms with E-state index in [1.807, 2.05) is 42.5 Å². The van der Waals surface area contributed by atoms with Crippen molar-refractivity contribution >= 4 is 5.91 Å².